The Morgan fingerprint density at radius 1 is 1.36 bits per heavy atom. The lowest BCUT2D eigenvalue weighted by Crippen LogP contribution is -2.38. The van der Waals surface area contributed by atoms with Gasteiger partial charge in [-0.15, -0.1) is 0 Å². The smallest absolute Gasteiger partial charge is 0.315 e. The maximum Gasteiger partial charge on any atom is 0.315 e. The molecule has 6 heteroatoms. The van der Waals surface area contributed by atoms with E-state index in [0.717, 1.165) is 17.0 Å². The third-order valence-electron chi connectivity index (χ3n) is 3.40. The Balaban J connectivity index is 1.95. The zero-order chi connectivity index (χ0) is 16.1. The first-order chi connectivity index (χ1) is 10.5. The van der Waals surface area contributed by atoms with Gasteiger partial charge in [0.25, 0.3) is 5.56 Å². The minimum absolute atomic E-state index is 0.171. The summed E-state index contributed by atoms with van der Waals surface area (Å²) in [5, 5.41) is 5.49. The van der Waals surface area contributed by atoms with Crippen molar-refractivity contribution < 1.29 is 4.79 Å². The van der Waals surface area contributed by atoms with Crippen LogP contribution in [0.25, 0.3) is 0 Å². The van der Waals surface area contributed by atoms with Gasteiger partial charge in [-0.3, -0.25) is 9.78 Å². The number of aromatic amines is 1. The number of amides is 2. The fourth-order valence-corrected chi connectivity index (χ4v) is 2.22. The second-order valence-corrected chi connectivity index (χ2v) is 5.25. The number of nitrogens with one attached hydrogen (secondary N) is 3. The van der Waals surface area contributed by atoms with Gasteiger partial charge in [-0.05, 0) is 44.5 Å². The summed E-state index contributed by atoms with van der Waals surface area (Å²) in [5.41, 5.74) is 2.84. The largest absolute Gasteiger partial charge is 0.334 e. The molecule has 0 aliphatic carbocycles. The third-order valence-corrected chi connectivity index (χ3v) is 3.40. The highest BCUT2D eigenvalue weighted by Crippen LogP contribution is 2.07. The highest BCUT2D eigenvalue weighted by molar-refractivity contribution is 5.74. The first-order valence-corrected chi connectivity index (χ1v) is 7.12. The van der Waals surface area contributed by atoms with E-state index in [0.29, 0.717) is 5.56 Å². The summed E-state index contributed by atoms with van der Waals surface area (Å²) in [6.45, 7) is 5.72. The molecule has 0 aromatic carbocycles. The molecule has 0 saturated carbocycles. The molecule has 2 rings (SSSR count). The molecule has 0 saturated heterocycles. The van der Waals surface area contributed by atoms with Crippen molar-refractivity contribution in [3.63, 3.8) is 0 Å². The van der Waals surface area contributed by atoms with Crippen molar-refractivity contribution in [1.82, 2.24) is 20.6 Å². The summed E-state index contributed by atoms with van der Waals surface area (Å²) in [5.74, 6) is 0. The van der Waals surface area contributed by atoms with Crippen molar-refractivity contribution in [3.05, 3.63) is 63.3 Å². The molecule has 0 aliphatic rings. The van der Waals surface area contributed by atoms with E-state index in [9.17, 15) is 9.59 Å². The van der Waals surface area contributed by atoms with Gasteiger partial charge in [-0.1, -0.05) is 6.07 Å². The average molecular weight is 300 g/mol. The number of carbonyl (C=O) groups is 1. The number of aromatic nitrogens is 2. The number of carbonyl (C=O) groups excluding carboxylic acids is 1. The molecule has 2 amide bonds. The molecular formula is C16H20N4O2. The monoisotopic (exact) mass is 300 g/mol. The number of hydrogen-bond acceptors (Lipinski definition) is 3. The highest BCUT2D eigenvalue weighted by atomic mass is 16.2. The van der Waals surface area contributed by atoms with Gasteiger partial charge in [0.15, 0.2) is 0 Å². The molecule has 2 aromatic heterocycles. The number of H-pyrrole nitrogens is 1. The van der Waals surface area contributed by atoms with Crippen LogP contribution in [-0.4, -0.2) is 16.0 Å². The van der Waals surface area contributed by atoms with Crippen molar-refractivity contribution in [2.45, 2.75) is 33.4 Å². The molecule has 0 spiro atoms. The maximum absolute atomic E-state index is 11.9. The van der Waals surface area contributed by atoms with E-state index in [4.69, 9.17) is 0 Å². The fourth-order valence-electron chi connectivity index (χ4n) is 2.22. The fraction of sp³-hybridized carbons (Fsp3) is 0.312. The van der Waals surface area contributed by atoms with Gasteiger partial charge in [0.05, 0.1) is 18.3 Å². The lowest BCUT2D eigenvalue weighted by Gasteiger charge is -2.14. The Morgan fingerprint density at radius 3 is 2.77 bits per heavy atom. The molecule has 2 heterocycles. The quantitative estimate of drug-likeness (QED) is 0.806. The normalized spacial score (nSPS) is 11.8. The van der Waals surface area contributed by atoms with Gasteiger partial charge in [0.2, 0.25) is 0 Å². The summed E-state index contributed by atoms with van der Waals surface area (Å²) in [4.78, 5) is 30.7. The van der Waals surface area contributed by atoms with Crippen LogP contribution in [0.1, 0.15) is 35.5 Å². The minimum Gasteiger partial charge on any atom is -0.334 e. The lowest BCUT2D eigenvalue weighted by molar-refractivity contribution is 0.237. The molecule has 0 aliphatic heterocycles. The number of pyridine rings is 2. The molecule has 0 bridgehead atoms. The molecule has 0 unspecified atom stereocenters. The molecule has 0 radical (unpaired) electrons. The second kappa shape index (κ2) is 6.89. The Kier molecular flexibility index (Phi) is 4.93. The number of aryl methyl sites for hydroxylation is 2. The molecule has 2 aromatic rings. The average Bonchev–Trinajstić information content (AvgIpc) is 2.47. The van der Waals surface area contributed by atoms with Crippen LogP contribution in [0.2, 0.25) is 0 Å². The van der Waals surface area contributed by atoms with Crippen LogP contribution in [0.5, 0.6) is 0 Å². The summed E-state index contributed by atoms with van der Waals surface area (Å²) in [7, 11) is 0. The predicted molar refractivity (Wildman–Crippen MR) is 84.6 cm³/mol. The highest BCUT2D eigenvalue weighted by Gasteiger charge is 2.11. The van der Waals surface area contributed by atoms with E-state index in [1.807, 2.05) is 45.0 Å². The van der Waals surface area contributed by atoms with Crippen LogP contribution in [0.4, 0.5) is 4.79 Å². The Labute approximate surface area is 129 Å². The van der Waals surface area contributed by atoms with Crippen molar-refractivity contribution in [3.8, 4) is 0 Å². The summed E-state index contributed by atoms with van der Waals surface area (Å²) in [6, 6.07) is 6.87. The topological polar surface area (TPSA) is 86.9 Å². The number of hydrogen-bond donors (Lipinski definition) is 3. The van der Waals surface area contributed by atoms with Gasteiger partial charge in [-0.2, -0.15) is 0 Å². The maximum atomic E-state index is 11.9. The zero-order valence-corrected chi connectivity index (χ0v) is 12.9. The van der Waals surface area contributed by atoms with Crippen molar-refractivity contribution >= 4 is 6.03 Å². The van der Waals surface area contributed by atoms with Gasteiger partial charge in [-0.25, -0.2) is 4.79 Å². The van der Waals surface area contributed by atoms with Crippen LogP contribution >= 0.6 is 0 Å². The van der Waals surface area contributed by atoms with Crippen LogP contribution < -0.4 is 16.2 Å². The number of rotatable bonds is 4. The SMILES string of the molecule is Cc1cc(C)c(CNC(=O)N[C@@H](C)c2ccccn2)c(=O)[nH]1. The standard InChI is InChI=1S/C16H20N4O2/c1-10-8-11(2)19-15(21)13(10)9-18-16(22)20-12(3)14-6-4-5-7-17-14/h4-8,12H,9H2,1-3H3,(H,19,21)(H2,18,20,22)/t12-/m0/s1. The Hall–Kier alpha value is -2.63. The first kappa shape index (κ1) is 15.8. The number of urea groups is 1. The summed E-state index contributed by atoms with van der Waals surface area (Å²) >= 11 is 0. The van der Waals surface area contributed by atoms with Crippen LogP contribution in [-0.2, 0) is 6.54 Å². The van der Waals surface area contributed by atoms with Crippen LogP contribution in [0, 0.1) is 13.8 Å². The first-order valence-electron chi connectivity index (χ1n) is 7.12. The van der Waals surface area contributed by atoms with Crippen molar-refractivity contribution in [2.24, 2.45) is 0 Å². The lowest BCUT2D eigenvalue weighted by atomic mass is 10.1. The molecule has 116 valence electrons. The van der Waals surface area contributed by atoms with E-state index in [1.54, 1.807) is 6.20 Å². The van der Waals surface area contributed by atoms with Crippen LogP contribution in [0.15, 0.2) is 35.3 Å². The van der Waals surface area contributed by atoms with Gasteiger partial charge in [0, 0.05) is 17.5 Å². The van der Waals surface area contributed by atoms with Gasteiger partial charge >= 0.3 is 6.03 Å². The number of nitrogens with zero attached hydrogens (tertiary/aromatic N) is 1. The summed E-state index contributed by atoms with van der Waals surface area (Å²) < 4.78 is 0. The van der Waals surface area contributed by atoms with E-state index in [1.165, 1.54) is 0 Å². The molecular weight excluding hydrogens is 280 g/mol. The Bertz CT molecular complexity index is 710. The molecule has 0 fully saturated rings. The van der Waals surface area contributed by atoms with E-state index < -0.39 is 0 Å². The molecule has 22 heavy (non-hydrogen) atoms. The zero-order valence-electron chi connectivity index (χ0n) is 12.9. The predicted octanol–water partition coefficient (Wildman–Crippen LogP) is 1.95. The van der Waals surface area contributed by atoms with E-state index in [2.05, 4.69) is 20.6 Å². The second-order valence-electron chi connectivity index (χ2n) is 5.25. The third kappa shape index (κ3) is 3.94. The van der Waals surface area contributed by atoms with E-state index in [-0.39, 0.29) is 24.2 Å². The van der Waals surface area contributed by atoms with Crippen molar-refractivity contribution in [2.75, 3.05) is 0 Å². The van der Waals surface area contributed by atoms with Gasteiger partial charge in [0.1, 0.15) is 0 Å². The molecule has 3 N–H and O–H groups in total. The minimum atomic E-state index is -0.336. The van der Waals surface area contributed by atoms with E-state index >= 15 is 0 Å². The summed E-state index contributed by atoms with van der Waals surface area (Å²) in [6.07, 6.45) is 1.68. The van der Waals surface area contributed by atoms with Crippen LogP contribution in [0.3, 0.4) is 0 Å². The molecule has 1 atom stereocenters. The Morgan fingerprint density at radius 2 is 2.14 bits per heavy atom. The van der Waals surface area contributed by atoms with Gasteiger partial charge < -0.3 is 15.6 Å². The molecule has 6 nitrogen and oxygen atoms in total. The van der Waals surface area contributed by atoms with Crippen molar-refractivity contribution in [1.29, 1.82) is 0 Å².